The van der Waals surface area contributed by atoms with E-state index < -0.39 is 0 Å². The number of nitrogens with zero attached hydrogens (tertiary/aromatic N) is 2. The van der Waals surface area contributed by atoms with Crippen molar-refractivity contribution in [2.75, 3.05) is 5.32 Å². The molecule has 1 aliphatic heterocycles. The summed E-state index contributed by atoms with van der Waals surface area (Å²) in [4.78, 5) is 0. The fourth-order valence-electron chi connectivity index (χ4n) is 8.15. The fraction of sp³-hybridized carbons (Fsp3) is 0.0667. The number of hydrogen-bond donors (Lipinski definition) is 1. The van der Waals surface area contributed by atoms with E-state index in [2.05, 4.69) is 184 Å². The van der Waals surface area contributed by atoms with E-state index in [1.165, 1.54) is 71.9 Å². The molecule has 2 aliphatic rings. The summed E-state index contributed by atoms with van der Waals surface area (Å²) >= 11 is 0. The standard InChI is InChI=1S/C45H33N3/c1-3-13-30(14-4-1)31-23-25-38-36-19-9-12-22-42(36)48(44(38)27-31)45-29-39(34-17-7-10-20-40(34)46-45)32-24-26-37-35-18-8-11-21-41(35)47(43(37)28-32)33-15-5-2-6-16-33/h1-26,28-29,31,45-46H,27H2. The third-order valence-corrected chi connectivity index (χ3v) is 10.3. The molecule has 0 radical (unpaired) electrons. The van der Waals surface area contributed by atoms with Gasteiger partial charge in [-0.2, -0.15) is 0 Å². The van der Waals surface area contributed by atoms with E-state index in [0.717, 1.165) is 12.1 Å². The van der Waals surface area contributed by atoms with Gasteiger partial charge in [-0.05, 0) is 65.6 Å². The molecule has 0 saturated heterocycles. The highest BCUT2D eigenvalue weighted by atomic mass is 15.2. The van der Waals surface area contributed by atoms with Gasteiger partial charge in [0.1, 0.15) is 6.17 Å². The maximum Gasteiger partial charge on any atom is 0.124 e. The molecule has 1 N–H and O–H groups in total. The number of para-hydroxylation sites is 4. The highest BCUT2D eigenvalue weighted by Crippen LogP contribution is 2.43. The van der Waals surface area contributed by atoms with Crippen LogP contribution in [0, 0.1) is 0 Å². The molecule has 2 atom stereocenters. The van der Waals surface area contributed by atoms with Crippen LogP contribution in [0.5, 0.6) is 0 Å². The molecular formula is C45H33N3. The molecule has 2 unspecified atom stereocenters. The second-order valence-electron chi connectivity index (χ2n) is 13.0. The summed E-state index contributed by atoms with van der Waals surface area (Å²) in [6.45, 7) is 0. The number of fused-ring (bicyclic) bond motifs is 7. The number of benzene rings is 6. The van der Waals surface area contributed by atoms with Crippen molar-refractivity contribution in [2.45, 2.75) is 18.5 Å². The third kappa shape index (κ3) is 4.14. The Labute approximate surface area is 279 Å². The van der Waals surface area contributed by atoms with Crippen molar-refractivity contribution in [3.05, 3.63) is 192 Å². The van der Waals surface area contributed by atoms with E-state index >= 15 is 0 Å². The molecular weight excluding hydrogens is 583 g/mol. The second-order valence-corrected chi connectivity index (χ2v) is 13.0. The van der Waals surface area contributed by atoms with E-state index in [0.29, 0.717) is 5.92 Å². The first-order chi connectivity index (χ1) is 23.8. The summed E-state index contributed by atoms with van der Waals surface area (Å²) < 4.78 is 4.96. The number of rotatable bonds is 4. The van der Waals surface area contributed by atoms with Gasteiger partial charge in [0.25, 0.3) is 0 Å². The Morgan fingerprint density at radius 2 is 1.27 bits per heavy atom. The van der Waals surface area contributed by atoms with Gasteiger partial charge < -0.3 is 14.5 Å². The molecule has 6 aromatic carbocycles. The molecule has 3 heteroatoms. The summed E-state index contributed by atoms with van der Waals surface area (Å²) in [6, 6.07) is 55.0. The number of allylic oxidation sites excluding steroid dienone is 1. The average Bonchev–Trinajstić information content (AvgIpc) is 3.67. The highest BCUT2D eigenvalue weighted by molar-refractivity contribution is 6.10. The quantitative estimate of drug-likeness (QED) is 0.209. The van der Waals surface area contributed by atoms with Crippen LogP contribution in [0.2, 0.25) is 0 Å². The van der Waals surface area contributed by atoms with Crippen LogP contribution in [0.3, 0.4) is 0 Å². The van der Waals surface area contributed by atoms with Crippen LogP contribution >= 0.6 is 0 Å². The van der Waals surface area contributed by atoms with Crippen LogP contribution in [0.25, 0.3) is 50.0 Å². The topological polar surface area (TPSA) is 21.9 Å². The number of aromatic nitrogens is 2. The molecule has 48 heavy (non-hydrogen) atoms. The van der Waals surface area contributed by atoms with Gasteiger partial charge in [-0.25, -0.2) is 0 Å². The molecule has 10 rings (SSSR count). The van der Waals surface area contributed by atoms with Crippen molar-refractivity contribution in [3.8, 4) is 5.69 Å². The van der Waals surface area contributed by atoms with Crippen LogP contribution in [0.1, 0.15) is 40.0 Å². The lowest BCUT2D eigenvalue weighted by atomic mass is 9.87. The zero-order valence-corrected chi connectivity index (χ0v) is 26.4. The molecule has 1 aliphatic carbocycles. The minimum absolute atomic E-state index is 0.0536. The van der Waals surface area contributed by atoms with Crippen molar-refractivity contribution >= 4 is 50.0 Å². The zero-order valence-electron chi connectivity index (χ0n) is 26.4. The fourth-order valence-corrected chi connectivity index (χ4v) is 8.15. The summed E-state index contributed by atoms with van der Waals surface area (Å²) in [5.41, 5.74) is 13.8. The smallest absolute Gasteiger partial charge is 0.124 e. The molecule has 0 fully saturated rings. The minimum Gasteiger partial charge on any atom is -0.361 e. The summed E-state index contributed by atoms with van der Waals surface area (Å²) in [7, 11) is 0. The van der Waals surface area contributed by atoms with Gasteiger partial charge in [0.2, 0.25) is 0 Å². The van der Waals surface area contributed by atoms with Crippen molar-refractivity contribution in [3.63, 3.8) is 0 Å². The van der Waals surface area contributed by atoms with E-state index in [1.54, 1.807) is 0 Å². The minimum atomic E-state index is -0.0536. The Bertz CT molecular complexity index is 2570. The molecule has 3 nitrogen and oxygen atoms in total. The third-order valence-electron chi connectivity index (χ3n) is 10.3. The molecule has 8 aromatic rings. The van der Waals surface area contributed by atoms with Crippen LogP contribution in [-0.2, 0) is 6.42 Å². The number of anilines is 1. The Morgan fingerprint density at radius 1 is 0.583 bits per heavy atom. The first kappa shape index (κ1) is 27.1. The molecule has 0 spiro atoms. The number of nitrogens with one attached hydrogen (secondary N) is 1. The first-order valence-corrected chi connectivity index (χ1v) is 16.8. The molecule has 3 heterocycles. The second kappa shape index (κ2) is 10.8. The van der Waals surface area contributed by atoms with Crippen LogP contribution < -0.4 is 5.32 Å². The van der Waals surface area contributed by atoms with Gasteiger partial charge in [0.15, 0.2) is 0 Å². The van der Waals surface area contributed by atoms with Crippen LogP contribution in [0.15, 0.2) is 164 Å². The number of hydrogen-bond acceptors (Lipinski definition) is 1. The van der Waals surface area contributed by atoms with E-state index in [1.807, 2.05) is 0 Å². The average molecular weight is 616 g/mol. The zero-order chi connectivity index (χ0) is 31.6. The summed E-state index contributed by atoms with van der Waals surface area (Å²) in [5, 5.41) is 7.79. The Balaban J connectivity index is 1.18. The van der Waals surface area contributed by atoms with Gasteiger partial charge in [-0.3, -0.25) is 0 Å². The Morgan fingerprint density at radius 3 is 2.12 bits per heavy atom. The predicted molar refractivity (Wildman–Crippen MR) is 201 cm³/mol. The normalized spacial score (nSPS) is 16.9. The lowest BCUT2D eigenvalue weighted by Gasteiger charge is -2.31. The van der Waals surface area contributed by atoms with Gasteiger partial charge >= 0.3 is 0 Å². The Kier molecular flexibility index (Phi) is 6.07. The van der Waals surface area contributed by atoms with Crippen molar-refractivity contribution in [1.29, 1.82) is 0 Å². The summed E-state index contributed by atoms with van der Waals surface area (Å²) in [5.74, 6) is 0.336. The molecule has 0 saturated carbocycles. The van der Waals surface area contributed by atoms with Gasteiger partial charge in [-0.15, -0.1) is 0 Å². The molecule has 2 aromatic heterocycles. The van der Waals surface area contributed by atoms with Crippen LogP contribution in [0.4, 0.5) is 5.69 Å². The van der Waals surface area contributed by atoms with Gasteiger partial charge in [0.05, 0.1) is 16.6 Å². The monoisotopic (exact) mass is 615 g/mol. The predicted octanol–water partition coefficient (Wildman–Crippen LogP) is 11.1. The molecule has 228 valence electrons. The lowest BCUT2D eigenvalue weighted by Crippen LogP contribution is -2.23. The highest BCUT2D eigenvalue weighted by Gasteiger charge is 2.29. The van der Waals surface area contributed by atoms with Crippen molar-refractivity contribution in [1.82, 2.24) is 9.13 Å². The summed E-state index contributed by atoms with van der Waals surface area (Å²) in [6.07, 6.45) is 8.09. The van der Waals surface area contributed by atoms with E-state index in [4.69, 9.17) is 0 Å². The van der Waals surface area contributed by atoms with Crippen molar-refractivity contribution in [2.24, 2.45) is 0 Å². The SMILES string of the molecule is C1=CC(c2ccccc2)Cc2c1c1ccccc1n2C1C=C(c2ccc3c4ccccc4n(-c4ccccc4)c3c2)c2ccccc2N1. The maximum absolute atomic E-state index is 3.95. The van der Waals surface area contributed by atoms with Crippen LogP contribution in [-0.4, -0.2) is 9.13 Å². The van der Waals surface area contributed by atoms with Crippen molar-refractivity contribution < 1.29 is 0 Å². The first-order valence-electron chi connectivity index (χ1n) is 16.8. The largest absolute Gasteiger partial charge is 0.361 e. The van der Waals surface area contributed by atoms with E-state index in [-0.39, 0.29) is 6.17 Å². The van der Waals surface area contributed by atoms with Gasteiger partial charge in [-0.1, -0.05) is 127 Å². The molecule has 0 amide bonds. The lowest BCUT2D eigenvalue weighted by molar-refractivity contribution is 0.639. The van der Waals surface area contributed by atoms with E-state index in [9.17, 15) is 0 Å². The maximum atomic E-state index is 3.95. The Hall–Kier alpha value is -6.06. The molecule has 0 bridgehead atoms. The van der Waals surface area contributed by atoms with Gasteiger partial charge in [0, 0.05) is 50.3 Å².